The van der Waals surface area contributed by atoms with E-state index in [1.807, 2.05) is 25.1 Å². The molecule has 0 saturated heterocycles. The Kier molecular flexibility index (Phi) is 3.88. The Morgan fingerprint density at radius 1 is 1.40 bits per heavy atom. The van der Waals surface area contributed by atoms with Crippen LogP contribution in [0.1, 0.15) is 18.3 Å². The smallest absolute Gasteiger partial charge is 0.330 e. The van der Waals surface area contributed by atoms with Crippen molar-refractivity contribution >= 4 is 11.5 Å². The third-order valence-corrected chi connectivity index (χ3v) is 2.95. The molecule has 0 aliphatic rings. The molecule has 2 aromatic heterocycles. The largest absolute Gasteiger partial charge is 0.383 e. The van der Waals surface area contributed by atoms with Gasteiger partial charge in [-0.25, -0.2) is 4.79 Å². The van der Waals surface area contributed by atoms with Crippen molar-refractivity contribution in [3.05, 3.63) is 50.4 Å². The fraction of sp³-hybridized carbons (Fsp3) is 0.308. The first-order valence-corrected chi connectivity index (χ1v) is 6.32. The molecule has 0 unspecified atom stereocenters. The number of nitrogens with zero attached hydrogens (tertiary/aromatic N) is 2. The van der Waals surface area contributed by atoms with Crippen molar-refractivity contribution in [3.8, 4) is 0 Å². The van der Waals surface area contributed by atoms with Gasteiger partial charge < -0.3 is 11.1 Å². The van der Waals surface area contributed by atoms with E-state index in [-0.39, 0.29) is 11.5 Å². The number of hydrogen-bond donors (Lipinski definition) is 3. The van der Waals surface area contributed by atoms with Gasteiger partial charge in [0, 0.05) is 12.2 Å². The van der Waals surface area contributed by atoms with Crippen LogP contribution in [-0.4, -0.2) is 14.5 Å². The Morgan fingerprint density at radius 3 is 2.80 bits per heavy atom. The van der Waals surface area contributed by atoms with Gasteiger partial charge in [0.05, 0.1) is 12.2 Å². The number of aromatic amines is 1. The number of anilines is 2. The van der Waals surface area contributed by atoms with E-state index < -0.39 is 11.2 Å². The molecule has 7 heteroatoms. The minimum atomic E-state index is -0.523. The summed E-state index contributed by atoms with van der Waals surface area (Å²) in [6.45, 7) is 4.42. The molecule has 0 fully saturated rings. The Hall–Kier alpha value is -2.57. The predicted molar refractivity (Wildman–Crippen MR) is 77.7 cm³/mol. The summed E-state index contributed by atoms with van der Waals surface area (Å²) in [5.41, 5.74) is 6.69. The quantitative estimate of drug-likeness (QED) is 0.751. The summed E-state index contributed by atoms with van der Waals surface area (Å²) in [5, 5.41) is 2.94. The van der Waals surface area contributed by atoms with Crippen LogP contribution in [0.5, 0.6) is 0 Å². The number of rotatable bonds is 4. The average Bonchev–Trinajstić information content (AvgIpc) is 2.38. The Morgan fingerprint density at radius 2 is 2.15 bits per heavy atom. The Balaban J connectivity index is 2.30. The molecule has 0 bridgehead atoms. The lowest BCUT2D eigenvalue weighted by molar-refractivity contribution is 0.706. The molecule has 0 atom stereocenters. The highest BCUT2D eigenvalue weighted by Gasteiger charge is 2.10. The number of nitrogens with one attached hydrogen (secondary N) is 2. The van der Waals surface area contributed by atoms with Gasteiger partial charge in [-0.05, 0) is 26.0 Å². The topological polar surface area (TPSA) is 106 Å². The maximum absolute atomic E-state index is 11.8. The molecule has 0 aliphatic carbocycles. The van der Waals surface area contributed by atoms with Crippen molar-refractivity contribution in [3.63, 3.8) is 0 Å². The first-order chi connectivity index (χ1) is 9.52. The van der Waals surface area contributed by atoms with E-state index in [1.165, 1.54) is 4.57 Å². The molecule has 0 spiro atoms. The molecule has 0 saturated carbocycles. The molecule has 20 heavy (non-hydrogen) atoms. The average molecular weight is 275 g/mol. The van der Waals surface area contributed by atoms with E-state index in [0.717, 1.165) is 11.4 Å². The summed E-state index contributed by atoms with van der Waals surface area (Å²) >= 11 is 0. The summed E-state index contributed by atoms with van der Waals surface area (Å²) in [7, 11) is 0. The van der Waals surface area contributed by atoms with Crippen molar-refractivity contribution in [2.75, 3.05) is 11.1 Å². The van der Waals surface area contributed by atoms with Crippen LogP contribution in [0.25, 0.3) is 0 Å². The monoisotopic (exact) mass is 275 g/mol. The van der Waals surface area contributed by atoms with E-state index in [1.54, 1.807) is 6.92 Å². The van der Waals surface area contributed by atoms with Crippen molar-refractivity contribution in [2.24, 2.45) is 0 Å². The fourth-order valence-corrected chi connectivity index (χ4v) is 1.95. The van der Waals surface area contributed by atoms with Gasteiger partial charge >= 0.3 is 5.69 Å². The predicted octanol–water partition coefficient (Wildman–Crippen LogP) is 0.454. The van der Waals surface area contributed by atoms with Crippen LogP contribution in [0.4, 0.5) is 11.5 Å². The highest BCUT2D eigenvalue weighted by molar-refractivity contribution is 5.60. The first-order valence-electron chi connectivity index (χ1n) is 6.32. The molecule has 0 aliphatic heterocycles. The standard InChI is InChI=1S/C13H17N5O2/c1-3-18-11(14)10(12(19)17-13(18)20)15-7-9-6-4-5-8(2)16-9/h4-6,15H,3,7,14H2,1-2H3,(H,17,19,20). The van der Waals surface area contributed by atoms with Crippen LogP contribution < -0.4 is 22.3 Å². The van der Waals surface area contributed by atoms with Gasteiger partial charge in [0.25, 0.3) is 5.56 Å². The van der Waals surface area contributed by atoms with E-state index in [2.05, 4.69) is 15.3 Å². The first kappa shape index (κ1) is 13.9. The Labute approximate surface area is 115 Å². The molecule has 0 radical (unpaired) electrons. The summed E-state index contributed by atoms with van der Waals surface area (Å²) in [6, 6.07) is 5.63. The van der Waals surface area contributed by atoms with E-state index in [0.29, 0.717) is 13.1 Å². The lowest BCUT2D eigenvalue weighted by atomic mass is 10.3. The molecule has 106 valence electrons. The number of nitrogen functional groups attached to an aromatic ring is 1. The summed E-state index contributed by atoms with van der Waals surface area (Å²) in [6.07, 6.45) is 0. The van der Waals surface area contributed by atoms with Crippen LogP contribution in [-0.2, 0) is 13.1 Å². The van der Waals surface area contributed by atoms with Crippen LogP contribution >= 0.6 is 0 Å². The molecule has 4 N–H and O–H groups in total. The fourth-order valence-electron chi connectivity index (χ4n) is 1.95. The molecule has 7 nitrogen and oxygen atoms in total. The maximum atomic E-state index is 11.8. The number of pyridine rings is 1. The second-order valence-corrected chi connectivity index (χ2v) is 4.39. The zero-order valence-corrected chi connectivity index (χ0v) is 11.4. The number of aromatic nitrogens is 3. The SMILES string of the molecule is CCn1c(N)c(NCc2cccc(C)n2)c(=O)[nH]c1=O. The second kappa shape index (κ2) is 5.60. The molecule has 0 amide bonds. The van der Waals surface area contributed by atoms with Crippen LogP contribution in [0.15, 0.2) is 27.8 Å². The maximum Gasteiger partial charge on any atom is 0.330 e. The zero-order valence-electron chi connectivity index (χ0n) is 11.4. The molecule has 2 heterocycles. The molecule has 0 aromatic carbocycles. The normalized spacial score (nSPS) is 10.5. The number of H-pyrrole nitrogens is 1. The van der Waals surface area contributed by atoms with Crippen molar-refractivity contribution in [1.82, 2.24) is 14.5 Å². The van der Waals surface area contributed by atoms with Crippen molar-refractivity contribution in [2.45, 2.75) is 26.9 Å². The van der Waals surface area contributed by atoms with Gasteiger partial charge in [-0.2, -0.15) is 0 Å². The van der Waals surface area contributed by atoms with Crippen molar-refractivity contribution < 1.29 is 0 Å². The number of aryl methyl sites for hydroxylation is 1. The third-order valence-electron chi connectivity index (χ3n) is 2.95. The van der Waals surface area contributed by atoms with Crippen LogP contribution in [0, 0.1) is 6.92 Å². The second-order valence-electron chi connectivity index (χ2n) is 4.39. The van der Waals surface area contributed by atoms with E-state index in [9.17, 15) is 9.59 Å². The zero-order chi connectivity index (χ0) is 14.7. The highest BCUT2D eigenvalue weighted by Crippen LogP contribution is 2.11. The summed E-state index contributed by atoms with van der Waals surface area (Å²) < 4.78 is 1.30. The van der Waals surface area contributed by atoms with E-state index >= 15 is 0 Å². The summed E-state index contributed by atoms with van der Waals surface area (Å²) in [4.78, 5) is 29.9. The molecular weight excluding hydrogens is 258 g/mol. The molecule has 2 aromatic rings. The minimum absolute atomic E-state index is 0.133. The van der Waals surface area contributed by atoms with Gasteiger partial charge in [0.2, 0.25) is 0 Å². The Bertz CT molecular complexity index is 732. The lowest BCUT2D eigenvalue weighted by Gasteiger charge is -2.12. The molecular formula is C13H17N5O2. The number of nitrogens with two attached hydrogens (primary N) is 1. The van der Waals surface area contributed by atoms with Crippen LogP contribution in [0.2, 0.25) is 0 Å². The van der Waals surface area contributed by atoms with E-state index in [4.69, 9.17) is 5.73 Å². The lowest BCUT2D eigenvalue weighted by Crippen LogP contribution is -2.33. The van der Waals surface area contributed by atoms with Crippen molar-refractivity contribution in [1.29, 1.82) is 0 Å². The van der Waals surface area contributed by atoms with Gasteiger partial charge in [-0.1, -0.05) is 6.07 Å². The van der Waals surface area contributed by atoms with Gasteiger partial charge in [0.15, 0.2) is 0 Å². The molecule has 2 rings (SSSR count). The van der Waals surface area contributed by atoms with Gasteiger partial charge in [-0.3, -0.25) is 19.3 Å². The highest BCUT2D eigenvalue weighted by atomic mass is 16.2. The summed E-state index contributed by atoms with van der Waals surface area (Å²) in [5.74, 6) is 0.133. The van der Waals surface area contributed by atoms with Crippen LogP contribution in [0.3, 0.4) is 0 Å². The number of hydrogen-bond acceptors (Lipinski definition) is 5. The third kappa shape index (κ3) is 2.71. The van der Waals surface area contributed by atoms with Gasteiger partial charge in [-0.15, -0.1) is 0 Å². The van der Waals surface area contributed by atoms with Gasteiger partial charge in [0.1, 0.15) is 11.5 Å². The minimum Gasteiger partial charge on any atom is -0.383 e.